The molecule has 0 bridgehead atoms. The van der Waals surface area contributed by atoms with Crippen LogP contribution in [0.15, 0.2) is 35.6 Å². The molecule has 2 aliphatic heterocycles. The Balaban J connectivity index is 1.26. The lowest BCUT2D eigenvalue weighted by molar-refractivity contribution is -0.195. The van der Waals surface area contributed by atoms with Crippen LogP contribution in [0, 0.1) is 40.4 Å². The first-order chi connectivity index (χ1) is 22.7. The first-order valence-electron chi connectivity index (χ1n) is 18.9. The Morgan fingerprint density at radius 1 is 1.15 bits per heavy atom. The number of aliphatic hydroxyl groups excluding tert-OH is 3. The molecular weight excluding hydrogens is 608 g/mol. The molecule has 0 aromatic carbocycles. The van der Waals surface area contributed by atoms with Gasteiger partial charge in [0.1, 0.15) is 6.10 Å². The normalized spacial score (nSPS) is 45.7. The molecule has 8 N–H and O–H groups in total. The molecule has 270 valence electrons. The summed E-state index contributed by atoms with van der Waals surface area (Å²) in [6, 6.07) is 0. The molecule has 4 aliphatic carbocycles. The zero-order chi connectivity index (χ0) is 34.6. The van der Waals surface area contributed by atoms with Crippen molar-refractivity contribution in [2.45, 2.75) is 153 Å². The highest BCUT2D eigenvalue weighted by Gasteiger charge is 2.70. The number of carbonyl (C=O) groups is 1. The number of hydrogen-bond donors (Lipinski definition) is 7. The number of rotatable bonds is 11. The molecule has 0 aromatic heterocycles. The molecular formula is C39H62N2O7. The standard InChI is InChI=1S/C39H62N2O7/c1-5-6-7-8-9-25-22-48-34(23(25)2)35(45)37(4,46)32-14-17-39(47)27-18-29(42)28-19-30(43)31(44)20-38(28,26(27)13-15-36(32,39)3)16-12-24-10-11-33(40)41-21-24/h10-11,18,21,23,25-26,28,30-35,41,43-47H,5-9,12-17,19-20,22,40H2,1-4H3/t23-,25+,26-,28-,30+,31-,32-,33?,34+,35+,36+,37+,38+,39+/m0/s1. The van der Waals surface area contributed by atoms with Crippen LogP contribution in [0.2, 0.25) is 0 Å². The summed E-state index contributed by atoms with van der Waals surface area (Å²) >= 11 is 0. The minimum Gasteiger partial charge on any atom is -0.390 e. The van der Waals surface area contributed by atoms with Gasteiger partial charge in [0.15, 0.2) is 5.78 Å². The highest BCUT2D eigenvalue weighted by molar-refractivity contribution is 5.95. The van der Waals surface area contributed by atoms with Crippen LogP contribution in [-0.4, -0.2) is 79.7 Å². The Bertz CT molecular complexity index is 1300. The van der Waals surface area contributed by atoms with Crippen molar-refractivity contribution in [3.63, 3.8) is 0 Å². The number of aliphatic hydroxyl groups is 5. The number of unbranched alkanes of at least 4 members (excludes halogenated alkanes) is 3. The van der Waals surface area contributed by atoms with Gasteiger partial charge in [0.25, 0.3) is 0 Å². The average Bonchev–Trinajstić information content (AvgIpc) is 3.56. The van der Waals surface area contributed by atoms with E-state index in [0.29, 0.717) is 57.5 Å². The van der Waals surface area contributed by atoms with Crippen LogP contribution in [0.3, 0.4) is 0 Å². The van der Waals surface area contributed by atoms with E-state index in [9.17, 15) is 30.3 Å². The van der Waals surface area contributed by atoms with Crippen LogP contribution in [0.4, 0.5) is 0 Å². The zero-order valence-electron chi connectivity index (χ0n) is 29.6. The third-order valence-electron chi connectivity index (χ3n) is 14.5. The average molecular weight is 671 g/mol. The van der Waals surface area contributed by atoms with E-state index in [-0.39, 0.29) is 30.2 Å². The molecule has 1 unspecified atom stereocenters. The largest absolute Gasteiger partial charge is 0.390 e. The lowest BCUT2D eigenvalue weighted by Gasteiger charge is -2.62. The van der Waals surface area contributed by atoms with Crippen LogP contribution in [0.5, 0.6) is 0 Å². The Hall–Kier alpha value is -1.59. The van der Waals surface area contributed by atoms with Crippen LogP contribution in [0.1, 0.15) is 111 Å². The molecule has 6 aliphatic rings. The monoisotopic (exact) mass is 670 g/mol. The number of allylic oxidation sites excluding steroid dienone is 3. The summed E-state index contributed by atoms with van der Waals surface area (Å²) in [5.41, 5.74) is 3.49. The highest BCUT2D eigenvalue weighted by atomic mass is 16.5. The molecule has 9 nitrogen and oxygen atoms in total. The molecule has 9 heteroatoms. The van der Waals surface area contributed by atoms with Gasteiger partial charge in [0, 0.05) is 17.5 Å². The summed E-state index contributed by atoms with van der Waals surface area (Å²) in [6.07, 6.45) is 13.6. The van der Waals surface area contributed by atoms with Gasteiger partial charge in [-0.15, -0.1) is 0 Å². The van der Waals surface area contributed by atoms with Gasteiger partial charge >= 0.3 is 0 Å². The molecule has 3 saturated carbocycles. The first-order valence-corrected chi connectivity index (χ1v) is 18.9. The van der Waals surface area contributed by atoms with Gasteiger partial charge in [-0.25, -0.2) is 0 Å². The van der Waals surface area contributed by atoms with E-state index in [4.69, 9.17) is 10.5 Å². The quantitative estimate of drug-likeness (QED) is 0.161. The van der Waals surface area contributed by atoms with E-state index < -0.39 is 58.3 Å². The van der Waals surface area contributed by atoms with Crippen LogP contribution < -0.4 is 11.1 Å². The maximum atomic E-state index is 14.1. The van der Waals surface area contributed by atoms with Crippen molar-refractivity contribution in [2.75, 3.05) is 6.61 Å². The minimum atomic E-state index is -1.51. The van der Waals surface area contributed by atoms with Crippen molar-refractivity contribution >= 4 is 5.78 Å². The summed E-state index contributed by atoms with van der Waals surface area (Å²) < 4.78 is 6.22. The Labute approximate surface area is 287 Å². The van der Waals surface area contributed by atoms with Crippen LogP contribution in [0.25, 0.3) is 0 Å². The summed E-state index contributed by atoms with van der Waals surface area (Å²) in [4.78, 5) is 14.1. The Morgan fingerprint density at radius 3 is 2.62 bits per heavy atom. The van der Waals surface area contributed by atoms with E-state index in [1.807, 2.05) is 25.3 Å². The predicted molar refractivity (Wildman–Crippen MR) is 184 cm³/mol. The van der Waals surface area contributed by atoms with E-state index in [1.165, 1.54) is 19.3 Å². The topological polar surface area (TPSA) is 166 Å². The number of carbonyl (C=O) groups excluding carboxylic acids is 1. The van der Waals surface area contributed by atoms with Gasteiger partial charge in [-0.2, -0.15) is 0 Å². The third kappa shape index (κ3) is 5.87. The maximum Gasteiger partial charge on any atom is 0.159 e. The molecule has 14 atom stereocenters. The van der Waals surface area contributed by atoms with Gasteiger partial charge in [-0.3, -0.25) is 4.79 Å². The second kappa shape index (κ2) is 13.5. The summed E-state index contributed by atoms with van der Waals surface area (Å²) in [7, 11) is 0. The smallest absolute Gasteiger partial charge is 0.159 e. The number of fused-ring (bicyclic) bond motifs is 5. The Kier molecular flexibility index (Phi) is 10.2. The summed E-state index contributed by atoms with van der Waals surface area (Å²) in [6.45, 7) is 8.68. The number of ketones is 1. The van der Waals surface area contributed by atoms with Crippen molar-refractivity contribution < 1.29 is 35.1 Å². The fourth-order valence-electron chi connectivity index (χ4n) is 11.5. The molecule has 1 saturated heterocycles. The van der Waals surface area contributed by atoms with E-state index in [2.05, 4.69) is 19.2 Å². The molecule has 6 rings (SSSR count). The van der Waals surface area contributed by atoms with Crippen molar-refractivity contribution in [1.82, 2.24) is 5.32 Å². The van der Waals surface area contributed by atoms with Gasteiger partial charge in [-0.1, -0.05) is 52.5 Å². The lowest BCUT2D eigenvalue weighted by atomic mass is 9.44. The summed E-state index contributed by atoms with van der Waals surface area (Å²) in [5.74, 6) is -0.639. The number of nitrogens with two attached hydrogens (primary N) is 1. The third-order valence-corrected chi connectivity index (χ3v) is 14.5. The molecule has 0 aromatic rings. The molecule has 4 fully saturated rings. The number of hydrogen-bond acceptors (Lipinski definition) is 9. The Morgan fingerprint density at radius 2 is 1.92 bits per heavy atom. The van der Waals surface area contributed by atoms with Crippen molar-refractivity contribution in [3.05, 3.63) is 35.6 Å². The summed E-state index contributed by atoms with van der Waals surface area (Å²) in [5, 5.41) is 62.0. The second-order valence-corrected chi connectivity index (χ2v) is 17.0. The fourth-order valence-corrected chi connectivity index (χ4v) is 11.5. The molecule has 2 heterocycles. The zero-order valence-corrected chi connectivity index (χ0v) is 29.6. The van der Waals surface area contributed by atoms with Gasteiger partial charge in [0.2, 0.25) is 0 Å². The molecule has 0 spiro atoms. The number of nitrogens with one attached hydrogen (secondary N) is 1. The van der Waals surface area contributed by atoms with Crippen molar-refractivity contribution in [2.24, 2.45) is 46.2 Å². The highest BCUT2D eigenvalue weighted by Crippen LogP contribution is 2.69. The lowest BCUT2D eigenvalue weighted by Crippen LogP contribution is -2.64. The SMILES string of the molecule is CCCCCC[C@@H]1CO[C@@H]([C@@H](O)[C@](C)(O)[C@H]2CC[C@@]3(O)C4=CC(=O)[C@@H]5C[C@@H](O)[C@@H](O)C[C@]5(CCC5=CNC(N)C=C5)[C@H]4CC[C@]23C)[C@H]1C. The van der Waals surface area contributed by atoms with Gasteiger partial charge in [-0.05, 0) is 117 Å². The molecule has 48 heavy (non-hydrogen) atoms. The van der Waals surface area contributed by atoms with Crippen molar-refractivity contribution in [3.8, 4) is 0 Å². The maximum absolute atomic E-state index is 14.1. The second-order valence-electron chi connectivity index (χ2n) is 17.0. The predicted octanol–water partition coefficient (Wildman–Crippen LogP) is 4.01. The number of dihydropyridines is 1. The van der Waals surface area contributed by atoms with E-state index in [0.717, 1.165) is 24.0 Å². The van der Waals surface area contributed by atoms with Crippen molar-refractivity contribution in [1.29, 1.82) is 0 Å². The molecule has 0 amide bonds. The first kappa shape index (κ1) is 36.2. The van der Waals surface area contributed by atoms with E-state index in [1.54, 1.807) is 13.0 Å². The molecule has 0 radical (unpaired) electrons. The fraction of sp³-hybridized carbons (Fsp3) is 0.821. The number of ether oxygens (including phenoxy) is 1. The van der Waals surface area contributed by atoms with Gasteiger partial charge < -0.3 is 41.3 Å². The van der Waals surface area contributed by atoms with Crippen LogP contribution >= 0.6 is 0 Å². The minimum absolute atomic E-state index is 0.0911. The van der Waals surface area contributed by atoms with Crippen LogP contribution in [-0.2, 0) is 9.53 Å². The van der Waals surface area contributed by atoms with Gasteiger partial charge in [0.05, 0.1) is 42.3 Å². The van der Waals surface area contributed by atoms with E-state index >= 15 is 0 Å².